The van der Waals surface area contributed by atoms with Gasteiger partial charge in [-0.2, -0.15) is 20.5 Å². The highest BCUT2D eigenvalue weighted by molar-refractivity contribution is 9.10. The van der Waals surface area contributed by atoms with E-state index in [2.05, 4.69) is 15.9 Å². The van der Waals surface area contributed by atoms with Gasteiger partial charge in [0.05, 0.1) is 4.90 Å². The Hall–Kier alpha value is -1.24. The van der Waals surface area contributed by atoms with E-state index >= 15 is 0 Å². The average Bonchev–Trinajstić information content (AvgIpc) is 2.77. The van der Waals surface area contributed by atoms with E-state index in [-0.39, 0.29) is 9.37 Å². The maximum atomic E-state index is 13.9. The summed E-state index contributed by atoms with van der Waals surface area (Å²) in [6.07, 6.45) is 0. The molecule has 3 aromatic rings. The summed E-state index contributed by atoms with van der Waals surface area (Å²) in [5.74, 6) is 1.94. The molecule has 0 aliphatic carbocycles. The molecule has 35 heavy (non-hydrogen) atoms. The number of hydrogen-bond donors (Lipinski definition) is 3. The largest absolute Gasteiger partial charge is 0.399 e. The van der Waals surface area contributed by atoms with E-state index < -0.39 is 28.8 Å². The van der Waals surface area contributed by atoms with Gasteiger partial charge in [0.2, 0.25) is 10.0 Å². The lowest BCUT2D eigenvalue weighted by Crippen LogP contribution is -2.14. The second kappa shape index (κ2) is 11.4. The van der Waals surface area contributed by atoms with Crippen molar-refractivity contribution in [2.75, 3.05) is 0 Å². The second-order valence-corrected chi connectivity index (χ2v) is 13.6. The van der Waals surface area contributed by atoms with Crippen LogP contribution in [-0.4, -0.2) is 18.2 Å². The van der Waals surface area contributed by atoms with Gasteiger partial charge in [0.25, 0.3) is 0 Å². The van der Waals surface area contributed by atoms with E-state index in [9.17, 15) is 21.8 Å². The Kier molecular flexibility index (Phi) is 9.26. The highest BCUT2D eigenvalue weighted by Crippen LogP contribution is 2.60. The van der Waals surface area contributed by atoms with E-state index in [1.165, 1.54) is 24.3 Å². The molecule has 0 amide bonds. The van der Waals surface area contributed by atoms with Crippen molar-refractivity contribution < 1.29 is 31.6 Å². The highest BCUT2D eigenvalue weighted by Gasteiger charge is 2.51. The molecule has 3 rings (SSSR count). The topological polar surface area (TPSA) is 118 Å². The minimum atomic E-state index is -5.63. The van der Waals surface area contributed by atoms with Gasteiger partial charge < -0.3 is 9.79 Å². The van der Waals surface area contributed by atoms with Crippen LogP contribution >= 0.6 is 47.0 Å². The normalized spacial score (nSPS) is 12.6. The van der Waals surface area contributed by atoms with Crippen molar-refractivity contribution in [2.24, 2.45) is 5.14 Å². The van der Waals surface area contributed by atoms with Crippen LogP contribution < -0.4 is 5.14 Å². The summed E-state index contributed by atoms with van der Waals surface area (Å²) >= 11 is 6.15. The Labute approximate surface area is 219 Å². The summed E-state index contributed by atoms with van der Waals surface area (Å²) in [4.78, 5) is 18.8. The molecule has 0 radical (unpaired) electrons. The summed E-state index contributed by atoms with van der Waals surface area (Å²) in [5.41, 5.74) is -2.07. The van der Waals surface area contributed by atoms with Gasteiger partial charge in [-0.05, 0) is 47.0 Å². The predicted molar refractivity (Wildman–Crippen MR) is 139 cm³/mol. The number of halogens is 3. The zero-order valence-corrected chi connectivity index (χ0v) is 22.9. The molecule has 0 aliphatic rings. The number of nitrogens with two attached hydrogens (primary N) is 1. The van der Waals surface area contributed by atoms with Gasteiger partial charge in [-0.15, -0.1) is 11.8 Å². The van der Waals surface area contributed by atoms with E-state index in [4.69, 9.17) is 14.9 Å². The van der Waals surface area contributed by atoms with E-state index in [1.807, 2.05) is 24.3 Å². The molecule has 13 heteroatoms. The molecule has 0 aliphatic heterocycles. The van der Waals surface area contributed by atoms with Gasteiger partial charge in [0, 0.05) is 32.2 Å². The van der Waals surface area contributed by atoms with E-state index in [1.54, 1.807) is 35.7 Å². The molecule has 6 nitrogen and oxygen atoms in total. The van der Waals surface area contributed by atoms with Crippen LogP contribution in [0.2, 0.25) is 0 Å². The van der Waals surface area contributed by atoms with Crippen LogP contribution in [0.3, 0.4) is 0 Å². The molecule has 0 bridgehead atoms. The number of sulfonamides is 1. The molecule has 0 fully saturated rings. The first kappa shape index (κ1) is 28.3. The summed E-state index contributed by atoms with van der Waals surface area (Å²) in [7, 11) is -9.33. The molecular formula is C22H21BrF2NO5PS3. The fourth-order valence-corrected chi connectivity index (χ4v) is 6.61. The van der Waals surface area contributed by atoms with Gasteiger partial charge in [-0.3, -0.25) is 4.57 Å². The maximum absolute atomic E-state index is 13.9. The van der Waals surface area contributed by atoms with Gasteiger partial charge in [0.15, 0.2) is 0 Å². The summed E-state index contributed by atoms with van der Waals surface area (Å²) in [6.45, 7) is 0. The van der Waals surface area contributed by atoms with Crippen LogP contribution in [0.25, 0.3) is 0 Å². The highest BCUT2D eigenvalue weighted by atomic mass is 79.9. The molecule has 4 N–H and O–H groups in total. The molecule has 3 aromatic carbocycles. The van der Waals surface area contributed by atoms with Crippen LogP contribution in [0.4, 0.5) is 8.78 Å². The van der Waals surface area contributed by atoms with Crippen LogP contribution in [0.5, 0.6) is 0 Å². The number of hydrogen-bond acceptors (Lipinski definition) is 5. The Morgan fingerprint density at radius 1 is 0.886 bits per heavy atom. The number of primary sulfonamides is 1. The fourth-order valence-electron chi connectivity index (χ4n) is 2.96. The lowest BCUT2D eigenvalue weighted by Gasteiger charge is -2.19. The van der Waals surface area contributed by atoms with Crippen molar-refractivity contribution in [2.45, 2.75) is 32.7 Å². The zero-order chi connectivity index (χ0) is 25.9. The minimum Gasteiger partial charge on any atom is -0.320 e. The third-order valence-corrected chi connectivity index (χ3v) is 9.56. The Bertz CT molecular complexity index is 1330. The maximum Gasteiger partial charge on any atom is 0.399 e. The molecule has 0 saturated heterocycles. The van der Waals surface area contributed by atoms with E-state index in [0.717, 1.165) is 27.7 Å². The monoisotopic (exact) mass is 623 g/mol. The summed E-state index contributed by atoms with van der Waals surface area (Å²) < 4.78 is 61.6. The number of benzene rings is 3. The molecule has 0 spiro atoms. The predicted octanol–water partition coefficient (Wildman–Crippen LogP) is 6.05. The number of thioether (sulfide) groups is 2. The van der Waals surface area contributed by atoms with Crippen molar-refractivity contribution in [3.05, 3.63) is 93.5 Å². The molecule has 188 valence electrons. The van der Waals surface area contributed by atoms with Crippen LogP contribution in [0.1, 0.15) is 22.3 Å². The molecule has 0 heterocycles. The molecular weight excluding hydrogens is 603 g/mol. The first-order chi connectivity index (χ1) is 16.3. The average molecular weight is 624 g/mol. The van der Waals surface area contributed by atoms with Crippen molar-refractivity contribution in [3.8, 4) is 0 Å². The van der Waals surface area contributed by atoms with E-state index in [0.29, 0.717) is 17.3 Å². The molecule has 0 atom stereocenters. The lowest BCUT2D eigenvalue weighted by atomic mass is 10.1. The van der Waals surface area contributed by atoms with Gasteiger partial charge >= 0.3 is 13.3 Å². The second-order valence-electron chi connectivity index (χ2n) is 7.51. The molecule has 0 aromatic heterocycles. The third-order valence-electron chi connectivity index (χ3n) is 4.84. The first-order valence-corrected chi connectivity index (χ1v) is 16.0. The molecule has 0 unspecified atom stereocenters. The quantitative estimate of drug-likeness (QED) is 0.186. The van der Waals surface area contributed by atoms with Gasteiger partial charge in [-0.1, -0.05) is 52.3 Å². The lowest BCUT2D eigenvalue weighted by molar-refractivity contribution is 0.0557. The Morgan fingerprint density at radius 3 is 1.91 bits per heavy atom. The van der Waals surface area contributed by atoms with Crippen LogP contribution in [-0.2, 0) is 37.5 Å². The van der Waals surface area contributed by atoms with Crippen molar-refractivity contribution in [3.63, 3.8) is 0 Å². The van der Waals surface area contributed by atoms with Crippen LogP contribution in [0.15, 0.2) is 81.0 Å². The number of alkyl halides is 2. The van der Waals surface area contributed by atoms with Crippen molar-refractivity contribution in [1.82, 2.24) is 0 Å². The smallest absolute Gasteiger partial charge is 0.320 e. The fraction of sp³-hybridized carbons (Fsp3) is 0.182. The summed E-state index contributed by atoms with van der Waals surface area (Å²) in [6, 6.07) is 18.3. The summed E-state index contributed by atoms with van der Waals surface area (Å²) in [5, 5.41) is 5.10. The SMILES string of the molecule is NS(=O)(=O)c1ccc(SCc2ccc(CSCc3ccc(C(F)(F)P(=O)(O)O)c(Br)c3)cc2)cc1. The zero-order valence-electron chi connectivity index (χ0n) is 18.0. The van der Waals surface area contributed by atoms with Gasteiger partial charge in [-0.25, -0.2) is 13.6 Å². The molecule has 0 saturated carbocycles. The minimum absolute atomic E-state index is 0.0509. The van der Waals surface area contributed by atoms with Crippen LogP contribution in [0, 0.1) is 0 Å². The van der Waals surface area contributed by atoms with Crippen molar-refractivity contribution >= 4 is 57.1 Å². The third kappa shape index (κ3) is 7.62. The Morgan fingerprint density at radius 2 is 1.40 bits per heavy atom. The standard InChI is InChI=1S/C22H21BrF2NO5PS3/c23-21-11-17(5-10-20(21)22(24,25)32(27,28)29)13-33-12-15-1-3-16(4-2-15)14-34-18-6-8-19(9-7-18)35(26,30)31/h1-11H,12-14H2,(H2,26,30,31)(H2,27,28,29). The van der Waals surface area contributed by atoms with Crippen molar-refractivity contribution in [1.29, 1.82) is 0 Å². The number of rotatable bonds is 10. The first-order valence-electron chi connectivity index (χ1n) is 9.91. The van der Waals surface area contributed by atoms with Gasteiger partial charge in [0.1, 0.15) is 0 Å². The Balaban J connectivity index is 1.51.